The van der Waals surface area contributed by atoms with E-state index in [1.807, 2.05) is 38.1 Å². The Balaban J connectivity index is 2.01. The summed E-state index contributed by atoms with van der Waals surface area (Å²) in [6, 6.07) is 19.3. The summed E-state index contributed by atoms with van der Waals surface area (Å²) < 4.78 is 29.5. The van der Waals surface area contributed by atoms with Crippen molar-refractivity contribution in [3.8, 4) is 0 Å². The van der Waals surface area contributed by atoms with E-state index in [1.54, 1.807) is 37.3 Å². The van der Waals surface area contributed by atoms with E-state index in [1.165, 1.54) is 23.1 Å². The van der Waals surface area contributed by atoms with E-state index in [0.29, 0.717) is 11.6 Å². The number of amides is 2. The van der Waals surface area contributed by atoms with E-state index in [-0.39, 0.29) is 23.0 Å². The molecule has 0 aliphatic rings. The molecule has 1 N–H and O–H groups in total. The average molecular weight is 621 g/mol. The predicted molar refractivity (Wildman–Crippen MR) is 155 cm³/mol. The molecule has 3 rings (SSSR count). The number of sulfonamides is 1. The van der Waals surface area contributed by atoms with Gasteiger partial charge in [-0.05, 0) is 68.3 Å². The van der Waals surface area contributed by atoms with Crippen molar-refractivity contribution in [1.82, 2.24) is 10.2 Å². The average Bonchev–Trinajstić information content (AvgIpc) is 2.89. The molecule has 38 heavy (non-hydrogen) atoms. The second-order valence-electron chi connectivity index (χ2n) is 8.92. The maximum Gasteiger partial charge on any atom is 0.264 e. The molecule has 1 unspecified atom stereocenters. The van der Waals surface area contributed by atoms with Gasteiger partial charge in [-0.3, -0.25) is 13.9 Å². The van der Waals surface area contributed by atoms with E-state index in [4.69, 9.17) is 11.6 Å². The Kier molecular flexibility index (Phi) is 10.4. The van der Waals surface area contributed by atoms with Gasteiger partial charge in [0.05, 0.1) is 10.6 Å². The van der Waals surface area contributed by atoms with Crippen LogP contribution >= 0.6 is 27.5 Å². The van der Waals surface area contributed by atoms with Gasteiger partial charge in [-0.25, -0.2) is 8.42 Å². The Morgan fingerprint density at radius 3 is 2.29 bits per heavy atom. The number of halogens is 2. The monoisotopic (exact) mass is 619 g/mol. The highest BCUT2D eigenvalue weighted by Gasteiger charge is 2.32. The molecule has 2 amide bonds. The Labute approximate surface area is 238 Å². The van der Waals surface area contributed by atoms with Gasteiger partial charge in [0.2, 0.25) is 11.8 Å². The van der Waals surface area contributed by atoms with Crippen molar-refractivity contribution in [2.24, 2.45) is 0 Å². The van der Waals surface area contributed by atoms with Crippen LogP contribution in [-0.2, 0) is 26.2 Å². The molecule has 0 saturated heterocycles. The van der Waals surface area contributed by atoms with Crippen molar-refractivity contribution < 1.29 is 18.0 Å². The minimum Gasteiger partial charge on any atom is -0.354 e. The van der Waals surface area contributed by atoms with Gasteiger partial charge in [0.15, 0.2) is 0 Å². The molecule has 0 aliphatic carbocycles. The lowest BCUT2D eigenvalue weighted by molar-refractivity contribution is -0.139. The topological polar surface area (TPSA) is 86.8 Å². The summed E-state index contributed by atoms with van der Waals surface area (Å²) in [6.07, 6.45) is 0.746. The molecule has 0 aromatic heterocycles. The molecule has 0 spiro atoms. The lowest BCUT2D eigenvalue weighted by Crippen LogP contribution is -2.51. The SMILES string of the molecule is CCCNC(=O)C(C)N(Cc1ccc(Br)cc1)C(=O)CN(c1cccc(Cl)c1)S(=O)(=O)c1ccc(C)cc1. The van der Waals surface area contributed by atoms with Crippen molar-refractivity contribution in [3.05, 3.63) is 93.4 Å². The summed E-state index contributed by atoms with van der Waals surface area (Å²) in [7, 11) is -4.13. The number of carbonyl (C=O) groups excluding carboxylic acids is 2. The molecule has 0 radical (unpaired) electrons. The fraction of sp³-hybridized carbons (Fsp3) is 0.286. The third-order valence-corrected chi connectivity index (χ3v) is 8.52. The highest BCUT2D eigenvalue weighted by Crippen LogP contribution is 2.27. The van der Waals surface area contributed by atoms with Crippen molar-refractivity contribution in [1.29, 1.82) is 0 Å². The standard InChI is InChI=1S/C28H31BrClN3O4S/c1-4-16-31-28(35)21(3)32(18-22-10-12-23(29)13-11-22)27(34)19-33(25-7-5-6-24(30)17-25)38(36,37)26-14-8-20(2)9-15-26/h5-15,17,21H,4,16,18-19H2,1-3H3,(H,31,35). The Bertz CT molecular complexity index is 1370. The smallest absolute Gasteiger partial charge is 0.264 e. The molecule has 0 aliphatic heterocycles. The number of benzene rings is 3. The van der Waals surface area contributed by atoms with Crippen molar-refractivity contribution in [2.45, 2.75) is 44.7 Å². The fourth-order valence-electron chi connectivity index (χ4n) is 3.76. The Hall–Kier alpha value is -2.88. The number of rotatable bonds is 11. The number of aryl methyl sites for hydroxylation is 1. The van der Waals surface area contributed by atoms with Crippen LogP contribution in [0.15, 0.2) is 82.2 Å². The van der Waals surface area contributed by atoms with Crippen LogP contribution in [-0.4, -0.2) is 44.3 Å². The summed E-state index contributed by atoms with van der Waals surface area (Å²) in [5, 5.41) is 3.16. The first-order chi connectivity index (χ1) is 18.0. The third-order valence-electron chi connectivity index (χ3n) is 5.97. The van der Waals surface area contributed by atoms with Gasteiger partial charge in [-0.2, -0.15) is 0 Å². The molecule has 0 bridgehead atoms. The fourth-order valence-corrected chi connectivity index (χ4v) is 5.62. The molecule has 3 aromatic rings. The van der Waals surface area contributed by atoms with E-state index in [2.05, 4.69) is 21.2 Å². The summed E-state index contributed by atoms with van der Waals surface area (Å²) in [4.78, 5) is 28.2. The number of hydrogen-bond acceptors (Lipinski definition) is 4. The van der Waals surface area contributed by atoms with Gasteiger partial charge in [0, 0.05) is 22.6 Å². The van der Waals surface area contributed by atoms with E-state index in [0.717, 1.165) is 26.3 Å². The molecular weight excluding hydrogens is 590 g/mol. The van der Waals surface area contributed by atoms with Crippen LogP contribution in [0.2, 0.25) is 5.02 Å². The van der Waals surface area contributed by atoms with E-state index >= 15 is 0 Å². The molecule has 0 saturated carbocycles. The van der Waals surface area contributed by atoms with Gasteiger partial charge >= 0.3 is 0 Å². The van der Waals surface area contributed by atoms with Crippen molar-refractivity contribution >= 4 is 55.1 Å². The minimum absolute atomic E-state index is 0.0454. The Morgan fingerprint density at radius 2 is 1.68 bits per heavy atom. The quantitative estimate of drug-likeness (QED) is 0.305. The molecule has 202 valence electrons. The van der Waals surface area contributed by atoms with Crippen LogP contribution in [0.1, 0.15) is 31.4 Å². The van der Waals surface area contributed by atoms with Crippen LogP contribution in [0.25, 0.3) is 0 Å². The van der Waals surface area contributed by atoms with Gasteiger partial charge < -0.3 is 10.2 Å². The second-order valence-corrected chi connectivity index (χ2v) is 12.1. The first-order valence-corrected chi connectivity index (χ1v) is 14.8. The van der Waals surface area contributed by atoms with Crippen LogP contribution in [0.3, 0.4) is 0 Å². The molecule has 0 fully saturated rings. The second kappa shape index (κ2) is 13.3. The highest BCUT2D eigenvalue weighted by molar-refractivity contribution is 9.10. The molecule has 3 aromatic carbocycles. The highest BCUT2D eigenvalue weighted by atomic mass is 79.9. The summed E-state index contributed by atoms with van der Waals surface area (Å²) in [6.45, 7) is 5.52. The predicted octanol–water partition coefficient (Wildman–Crippen LogP) is 5.55. The van der Waals surface area contributed by atoms with E-state index < -0.39 is 28.5 Å². The number of hydrogen-bond donors (Lipinski definition) is 1. The van der Waals surface area contributed by atoms with Crippen LogP contribution in [0, 0.1) is 6.92 Å². The number of carbonyl (C=O) groups is 2. The zero-order valence-corrected chi connectivity index (χ0v) is 24.7. The first kappa shape index (κ1) is 29.7. The lowest BCUT2D eigenvalue weighted by atomic mass is 10.1. The summed E-state index contributed by atoms with van der Waals surface area (Å²) in [5.74, 6) is -0.837. The number of nitrogens with zero attached hydrogens (tertiary/aromatic N) is 2. The minimum atomic E-state index is -4.13. The van der Waals surface area contributed by atoms with E-state index in [9.17, 15) is 18.0 Å². The molecule has 1 atom stereocenters. The zero-order valence-electron chi connectivity index (χ0n) is 21.5. The van der Waals surface area contributed by atoms with Gasteiger partial charge in [0.1, 0.15) is 12.6 Å². The normalized spacial score (nSPS) is 12.0. The van der Waals surface area contributed by atoms with Gasteiger partial charge in [0.25, 0.3) is 10.0 Å². The first-order valence-electron chi connectivity index (χ1n) is 12.2. The lowest BCUT2D eigenvalue weighted by Gasteiger charge is -2.32. The Morgan fingerprint density at radius 1 is 1.03 bits per heavy atom. The van der Waals surface area contributed by atoms with Crippen LogP contribution < -0.4 is 9.62 Å². The van der Waals surface area contributed by atoms with Crippen molar-refractivity contribution in [3.63, 3.8) is 0 Å². The molecule has 7 nitrogen and oxygen atoms in total. The van der Waals surface area contributed by atoms with Gasteiger partial charge in [-0.15, -0.1) is 0 Å². The molecule has 0 heterocycles. The summed E-state index contributed by atoms with van der Waals surface area (Å²) in [5.41, 5.74) is 1.95. The van der Waals surface area contributed by atoms with Crippen molar-refractivity contribution in [2.75, 3.05) is 17.4 Å². The zero-order chi connectivity index (χ0) is 27.9. The maximum absolute atomic E-state index is 13.8. The number of anilines is 1. The van der Waals surface area contributed by atoms with Crippen LogP contribution in [0.5, 0.6) is 0 Å². The van der Waals surface area contributed by atoms with Gasteiger partial charge in [-0.1, -0.05) is 70.3 Å². The largest absolute Gasteiger partial charge is 0.354 e. The number of nitrogens with one attached hydrogen (secondary N) is 1. The third kappa shape index (κ3) is 7.58. The molecular formula is C28H31BrClN3O4S. The summed E-state index contributed by atoms with van der Waals surface area (Å²) >= 11 is 9.60. The van der Waals surface area contributed by atoms with Crippen LogP contribution in [0.4, 0.5) is 5.69 Å². The maximum atomic E-state index is 13.8. The molecule has 10 heteroatoms.